The molecule has 21 heavy (non-hydrogen) atoms. The van der Waals surface area contributed by atoms with E-state index in [-0.39, 0.29) is 29.4 Å². The Bertz CT molecular complexity index is 630. The van der Waals surface area contributed by atoms with Crippen LogP contribution in [0.3, 0.4) is 0 Å². The zero-order valence-electron chi connectivity index (χ0n) is 11.8. The summed E-state index contributed by atoms with van der Waals surface area (Å²) in [5.74, 6) is -0.242. The highest BCUT2D eigenvalue weighted by Gasteiger charge is 2.22. The maximum atomic E-state index is 13.3. The fraction of sp³-hybridized carbons (Fsp3) is 0.500. The van der Waals surface area contributed by atoms with E-state index < -0.39 is 15.7 Å². The average Bonchev–Trinajstić information content (AvgIpc) is 2.60. The zero-order chi connectivity index (χ0) is 15.5. The number of ketones is 1. The smallest absolute Gasteiger partial charge is 0.180 e. The van der Waals surface area contributed by atoms with Crippen molar-refractivity contribution >= 4 is 15.6 Å². The van der Waals surface area contributed by atoms with Gasteiger partial charge in [-0.3, -0.25) is 9.69 Å². The summed E-state index contributed by atoms with van der Waals surface area (Å²) in [6.07, 6.45) is 0.510. The standard InChI is InChI=1S/C14H18FNO4S/c1-20-14-4-3-11(15)9-12(14)13(17)10-16-5-2-7-21(18,19)8-6-16/h3-4,9H,2,5-8,10H2,1H3. The molecule has 1 fully saturated rings. The Hall–Kier alpha value is -1.47. The third-order valence-electron chi connectivity index (χ3n) is 3.48. The second-order valence-electron chi connectivity index (χ2n) is 5.05. The van der Waals surface area contributed by atoms with Crippen molar-refractivity contribution in [3.63, 3.8) is 0 Å². The molecule has 0 saturated carbocycles. The largest absolute Gasteiger partial charge is 0.496 e. The lowest BCUT2D eigenvalue weighted by Gasteiger charge is -2.18. The van der Waals surface area contributed by atoms with Crippen LogP contribution in [0, 0.1) is 5.82 Å². The van der Waals surface area contributed by atoms with E-state index in [1.54, 1.807) is 4.90 Å². The molecule has 0 aliphatic carbocycles. The summed E-state index contributed by atoms with van der Waals surface area (Å²) >= 11 is 0. The maximum Gasteiger partial charge on any atom is 0.180 e. The van der Waals surface area contributed by atoms with Crippen molar-refractivity contribution in [3.05, 3.63) is 29.6 Å². The highest BCUT2D eigenvalue weighted by molar-refractivity contribution is 7.91. The van der Waals surface area contributed by atoms with Crippen molar-refractivity contribution in [1.82, 2.24) is 4.90 Å². The number of nitrogens with zero attached hydrogens (tertiary/aromatic N) is 1. The van der Waals surface area contributed by atoms with Gasteiger partial charge in [-0.1, -0.05) is 0 Å². The van der Waals surface area contributed by atoms with Crippen LogP contribution in [-0.4, -0.2) is 57.4 Å². The molecule has 5 nitrogen and oxygen atoms in total. The molecule has 0 amide bonds. The minimum Gasteiger partial charge on any atom is -0.496 e. The summed E-state index contributed by atoms with van der Waals surface area (Å²) in [4.78, 5) is 14.1. The lowest BCUT2D eigenvalue weighted by atomic mass is 10.1. The van der Waals surface area contributed by atoms with Crippen molar-refractivity contribution < 1.29 is 22.3 Å². The second kappa shape index (κ2) is 6.53. The van der Waals surface area contributed by atoms with E-state index in [0.29, 0.717) is 25.3 Å². The van der Waals surface area contributed by atoms with Gasteiger partial charge in [-0.15, -0.1) is 0 Å². The summed E-state index contributed by atoms with van der Waals surface area (Å²) in [6, 6.07) is 3.79. The zero-order valence-corrected chi connectivity index (χ0v) is 12.7. The molecule has 0 bridgehead atoms. The van der Waals surface area contributed by atoms with Crippen LogP contribution in [0.25, 0.3) is 0 Å². The van der Waals surface area contributed by atoms with Gasteiger partial charge in [0.25, 0.3) is 0 Å². The van der Waals surface area contributed by atoms with E-state index in [0.717, 1.165) is 6.07 Å². The Kier molecular flexibility index (Phi) is 4.95. The first-order valence-corrected chi connectivity index (χ1v) is 8.53. The van der Waals surface area contributed by atoms with E-state index >= 15 is 0 Å². The summed E-state index contributed by atoms with van der Waals surface area (Å²) in [6.45, 7) is 0.934. The molecule has 1 aliphatic heterocycles. The number of Topliss-reactive ketones (excluding diaryl/α,β-unsaturated/α-hetero) is 1. The van der Waals surface area contributed by atoms with E-state index in [2.05, 4.69) is 0 Å². The van der Waals surface area contributed by atoms with E-state index in [9.17, 15) is 17.6 Å². The molecular formula is C14H18FNO4S. The molecule has 0 radical (unpaired) electrons. The number of hydrogen-bond donors (Lipinski definition) is 0. The Morgan fingerprint density at radius 1 is 1.33 bits per heavy atom. The molecule has 7 heteroatoms. The predicted octanol–water partition coefficient (Wildman–Crippen LogP) is 1.14. The molecular weight excluding hydrogens is 297 g/mol. The summed E-state index contributed by atoms with van der Waals surface area (Å²) in [5, 5.41) is 0. The molecule has 1 saturated heterocycles. The van der Waals surface area contributed by atoms with Crippen molar-refractivity contribution in [1.29, 1.82) is 0 Å². The van der Waals surface area contributed by atoms with Gasteiger partial charge in [-0.2, -0.15) is 0 Å². The van der Waals surface area contributed by atoms with Crippen LogP contribution in [0.1, 0.15) is 16.8 Å². The van der Waals surface area contributed by atoms with Gasteiger partial charge >= 0.3 is 0 Å². The third kappa shape index (κ3) is 4.25. The lowest BCUT2D eigenvalue weighted by molar-refractivity contribution is 0.0932. The molecule has 0 N–H and O–H groups in total. The topological polar surface area (TPSA) is 63.7 Å². The number of rotatable bonds is 4. The number of sulfone groups is 1. The number of carbonyl (C=O) groups is 1. The van der Waals surface area contributed by atoms with Crippen LogP contribution in [0.2, 0.25) is 0 Å². The van der Waals surface area contributed by atoms with Crippen LogP contribution in [0.15, 0.2) is 18.2 Å². The summed E-state index contributed by atoms with van der Waals surface area (Å²) in [5.41, 5.74) is 0.185. The maximum absolute atomic E-state index is 13.3. The first-order valence-electron chi connectivity index (χ1n) is 6.71. The van der Waals surface area contributed by atoms with Crippen LogP contribution in [0.5, 0.6) is 5.75 Å². The number of halogens is 1. The number of methoxy groups -OCH3 is 1. The van der Waals surface area contributed by atoms with Gasteiger partial charge in [0.15, 0.2) is 15.6 Å². The first kappa shape index (κ1) is 15.9. The Morgan fingerprint density at radius 3 is 2.81 bits per heavy atom. The average molecular weight is 315 g/mol. The number of benzene rings is 1. The Morgan fingerprint density at radius 2 is 2.10 bits per heavy atom. The molecule has 116 valence electrons. The number of carbonyl (C=O) groups excluding carboxylic acids is 1. The highest BCUT2D eigenvalue weighted by atomic mass is 32.2. The van der Waals surface area contributed by atoms with Crippen LogP contribution < -0.4 is 4.74 Å². The van der Waals surface area contributed by atoms with E-state index in [1.165, 1.54) is 19.2 Å². The van der Waals surface area contributed by atoms with E-state index in [4.69, 9.17) is 4.74 Å². The number of ether oxygens (including phenoxy) is 1. The van der Waals surface area contributed by atoms with Gasteiger partial charge in [0.2, 0.25) is 0 Å². The summed E-state index contributed by atoms with van der Waals surface area (Å²) in [7, 11) is -1.59. The molecule has 1 aromatic rings. The van der Waals surface area contributed by atoms with Gasteiger partial charge < -0.3 is 4.74 Å². The molecule has 2 rings (SSSR count). The van der Waals surface area contributed by atoms with Gasteiger partial charge in [0, 0.05) is 6.54 Å². The van der Waals surface area contributed by atoms with Crippen LogP contribution >= 0.6 is 0 Å². The van der Waals surface area contributed by atoms with Gasteiger partial charge in [-0.05, 0) is 31.2 Å². The molecule has 0 spiro atoms. The first-order chi connectivity index (χ1) is 9.91. The molecule has 1 heterocycles. The monoisotopic (exact) mass is 315 g/mol. The number of hydrogen-bond acceptors (Lipinski definition) is 5. The van der Waals surface area contributed by atoms with E-state index in [1.807, 2.05) is 0 Å². The molecule has 0 aromatic heterocycles. The second-order valence-corrected chi connectivity index (χ2v) is 7.35. The Labute approximate surface area is 123 Å². The van der Waals surface area contributed by atoms with Crippen LogP contribution in [0.4, 0.5) is 4.39 Å². The highest BCUT2D eigenvalue weighted by Crippen LogP contribution is 2.20. The SMILES string of the molecule is COc1ccc(F)cc1C(=O)CN1CCCS(=O)(=O)CC1. The van der Waals surface area contributed by atoms with Crippen molar-refractivity contribution in [2.75, 3.05) is 38.2 Å². The fourth-order valence-electron chi connectivity index (χ4n) is 2.33. The van der Waals surface area contributed by atoms with Crippen molar-refractivity contribution in [3.8, 4) is 5.75 Å². The Balaban J connectivity index is 2.09. The van der Waals surface area contributed by atoms with Crippen molar-refractivity contribution in [2.45, 2.75) is 6.42 Å². The van der Waals surface area contributed by atoms with Crippen molar-refractivity contribution in [2.24, 2.45) is 0 Å². The summed E-state index contributed by atoms with van der Waals surface area (Å²) < 4.78 is 41.4. The minimum atomic E-state index is -3.01. The molecule has 0 unspecified atom stereocenters. The molecule has 1 aliphatic rings. The minimum absolute atomic E-state index is 0.0561. The van der Waals surface area contributed by atoms with Gasteiger partial charge in [-0.25, -0.2) is 12.8 Å². The quantitative estimate of drug-likeness (QED) is 0.780. The fourth-order valence-corrected chi connectivity index (χ4v) is 3.64. The third-order valence-corrected chi connectivity index (χ3v) is 5.19. The van der Waals surface area contributed by atoms with Gasteiger partial charge in [0.1, 0.15) is 11.6 Å². The predicted molar refractivity (Wildman–Crippen MR) is 77.0 cm³/mol. The van der Waals surface area contributed by atoms with Gasteiger partial charge in [0.05, 0.1) is 30.7 Å². The lowest BCUT2D eigenvalue weighted by Crippen LogP contribution is -2.32. The molecule has 1 aromatic carbocycles. The molecule has 0 atom stereocenters. The normalized spacial score (nSPS) is 19.0. The van der Waals surface area contributed by atoms with Crippen LogP contribution in [-0.2, 0) is 9.84 Å².